The molecule has 0 aliphatic carbocycles. The van der Waals surface area contributed by atoms with Crippen LogP contribution in [0, 0.1) is 33.4 Å². The lowest BCUT2D eigenvalue weighted by molar-refractivity contribution is -0.383. The molecule has 0 aliphatic rings. The summed E-state index contributed by atoms with van der Waals surface area (Å²) in [6, 6.07) is -0.00139. The normalized spacial score (nSPS) is 10.5. The zero-order chi connectivity index (χ0) is 15.7. The largest absolute Gasteiger partial charge is 0.378 e. The van der Waals surface area contributed by atoms with Gasteiger partial charge < -0.3 is 11.1 Å². The molecule has 1 heterocycles. The molecule has 1 aromatic carbocycles. The summed E-state index contributed by atoms with van der Waals surface area (Å²) in [6.07, 6.45) is 0.774. The van der Waals surface area contributed by atoms with Gasteiger partial charge in [-0.05, 0) is 0 Å². The van der Waals surface area contributed by atoms with Crippen molar-refractivity contribution < 1.29 is 22.5 Å². The molecule has 1 aromatic heterocycles. The van der Waals surface area contributed by atoms with Crippen LogP contribution >= 0.6 is 0 Å². The Morgan fingerprint density at radius 2 is 1.71 bits per heavy atom. The highest BCUT2D eigenvalue weighted by atomic mass is 19.2. The van der Waals surface area contributed by atoms with E-state index in [1.165, 1.54) is 0 Å². The van der Waals surface area contributed by atoms with Crippen LogP contribution in [0.3, 0.4) is 0 Å². The Kier molecular flexibility index (Phi) is 3.56. The number of nitro groups is 1. The standard InChI is InChI=1S/C10H5F4N5O2/c11-3-1-4(12)6(14)7(5(3)13)18-10-8(19(20)21)9(15)16-2-17-10/h1-2H,(H3,15,16,17,18). The van der Waals surface area contributed by atoms with Crippen LogP contribution in [0.25, 0.3) is 0 Å². The van der Waals surface area contributed by atoms with Crippen LogP contribution < -0.4 is 11.1 Å². The van der Waals surface area contributed by atoms with Crippen LogP contribution in [0.15, 0.2) is 12.4 Å². The van der Waals surface area contributed by atoms with Gasteiger partial charge in [-0.25, -0.2) is 27.5 Å². The van der Waals surface area contributed by atoms with Crippen molar-refractivity contribution >= 4 is 23.0 Å². The molecule has 0 bridgehead atoms. The molecule has 0 atom stereocenters. The van der Waals surface area contributed by atoms with Gasteiger partial charge in [0.1, 0.15) is 12.0 Å². The average molecular weight is 303 g/mol. The summed E-state index contributed by atoms with van der Waals surface area (Å²) in [5.41, 5.74) is 3.09. The Balaban J connectivity index is 2.59. The first-order valence-electron chi connectivity index (χ1n) is 5.17. The quantitative estimate of drug-likeness (QED) is 0.390. The second-order valence-corrected chi connectivity index (χ2v) is 3.68. The molecule has 11 heteroatoms. The van der Waals surface area contributed by atoms with Crippen molar-refractivity contribution in [3.8, 4) is 0 Å². The minimum absolute atomic E-state index is 0.00139. The number of halogens is 4. The molecule has 3 N–H and O–H groups in total. The fourth-order valence-electron chi connectivity index (χ4n) is 1.47. The number of nitrogen functional groups attached to an aromatic ring is 1. The Morgan fingerprint density at radius 1 is 1.14 bits per heavy atom. The van der Waals surface area contributed by atoms with Gasteiger partial charge >= 0.3 is 5.69 Å². The first-order valence-corrected chi connectivity index (χ1v) is 5.17. The lowest BCUT2D eigenvalue weighted by atomic mass is 10.2. The maximum atomic E-state index is 13.5. The molecular weight excluding hydrogens is 298 g/mol. The lowest BCUT2D eigenvalue weighted by Gasteiger charge is -2.09. The van der Waals surface area contributed by atoms with E-state index in [1.807, 2.05) is 5.32 Å². The van der Waals surface area contributed by atoms with E-state index in [0.29, 0.717) is 0 Å². The van der Waals surface area contributed by atoms with Gasteiger partial charge in [0.25, 0.3) is 0 Å². The maximum Gasteiger partial charge on any atom is 0.353 e. The molecule has 0 aliphatic heterocycles. The van der Waals surface area contributed by atoms with Gasteiger partial charge in [-0.1, -0.05) is 0 Å². The van der Waals surface area contributed by atoms with E-state index >= 15 is 0 Å². The van der Waals surface area contributed by atoms with Crippen molar-refractivity contribution in [3.05, 3.63) is 45.8 Å². The highest BCUT2D eigenvalue weighted by Gasteiger charge is 2.25. The molecule has 0 saturated carbocycles. The number of nitrogens with zero attached hydrogens (tertiary/aromatic N) is 3. The molecule has 0 unspecified atom stereocenters. The SMILES string of the molecule is Nc1ncnc(Nc2c(F)c(F)cc(F)c2F)c1[N+](=O)[O-]. The second kappa shape index (κ2) is 5.19. The zero-order valence-corrected chi connectivity index (χ0v) is 9.90. The first kappa shape index (κ1) is 14.4. The second-order valence-electron chi connectivity index (χ2n) is 3.68. The van der Waals surface area contributed by atoms with Crippen LogP contribution in [-0.2, 0) is 0 Å². The van der Waals surface area contributed by atoms with Crippen molar-refractivity contribution in [1.29, 1.82) is 0 Å². The fourth-order valence-corrected chi connectivity index (χ4v) is 1.47. The molecule has 2 rings (SSSR count). The van der Waals surface area contributed by atoms with Gasteiger partial charge in [0.2, 0.25) is 11.6 Å². The van der Waals surface area contributed by atoms with Crippen molar-refractivity contribution in [1.82, 2.24) is 9.97 Å². The molecule has 0 spiro atoms. The predicted octanol–water partition coefficient (Wildman–Crippen LogP) is 2.27. The smallest absolute Gasteiger partial charge is 0.353 e. The van der Waals surface area contributed by atoms with Gasteiger partial charge in [-0.2, -0.15) is 0 Å². The van der Waals surface area contributed by atoms with Gasteiger partial charge in [-0.15, -0.1) is 0 Å². The summed E-state index contributed by atoms with van der Waals surface area (Å²) in [4.78, 5) is 16.5. The number of benzene rings is 1. The van der Waals surface area contributed by atoms with Crippen molar-refractivity contribution in [2.75, 3.05) is 11.1 Å². The van der Waals surface area contributed by atoms with Gasteiger partial charge in [0, 0.05) is 6.07 Å². The van der Waals surface area contributed by atoms with Gasteiger partial charge in [-0.3, -0.25) is 10.1 Å². The van der Waals surface area contributed by atoms with Crippen LogP contribution in [0.4, 0.5) is 40.6 Å². The Hall–Kier alpha value is -2.98. The summed E-state index contributed by atoms with van der Waals surface area (Å²) >= 11 is 0. The average Bonchev–Trinajstić information content (AvgIpc) is 2.41. The Labute approximate surface area is 113 Å². The third kappa shape index (κ3) is 2.52. The summed E-state index contributed by atoms with van der Waals surface area (Å²) < 4.78 is 53.0. The molecular formula is C10H5F4N5O2. The van der Waals surface area contributed by atoms with Crippen molar-refractivity contribution in [3.63, 3.8) is 0 Å². The topological polar surface area (TPSA) is 107 Å². The van der Waals surface area contributed by atoms with Gasteiger partial charge in [0.15, 0.2) is 23.3 Å². The minimum Gasteiger partial charge on any atom is -0.378 e. The number of nitrogens with two attached hydrogens (primary N) is 1. The number of anilines is 3. The number of aromatic nitrogens is 2. The predicted molar refractivity (Wildman–Crippen MR) is 62.7 cm³/mol. The Bertz CT molecular complexity index is 714. The third-order valence-electron chi connectivity index (χ3n) is 2.39. The van der Waals surface area contributed by atoms with E-state index < -0.39 is 51.2 Å². The zero-order valence-electron chi connectivity index (χ0n) is 9.90. The monoisotopic (exact) mass is 303 g/mol. The van der Waals surface area contributed by atoms with E-state index in [9.17, 15) is 27.7 Å². The number of rotatable bonds is 3. The van der Waals surface area contributed by atoms with E-state index in [0.717, 1.165) is 6.33 Å². The lowest BCUT2D eigenvalue weighted by Crippen LogP contribution is -2.08. The van der Waals surface area contributed by atoms with E-state index in [1.54, 1.807) is 0 Å². The van der Waals surface area contributed by atoms with Crippen LogP contribution in [0.1, 0.15) is 0 Å². The van der Waals surface area contributed by atoms with Crippen LogP contribution in [0.5, 0.6) is 0 Å². The van der Waals surface area contributed by atoms with E-state index in [2.05, 4.69) is 9.97 Å². The van der Waals surface area contributed by atoms with Gasteiger partial charge in [0.05, 0.1) is 4.92 Å². The maximum absolute atomic E-state index is 13.5. The number of nitrogens with one attached hydrogen (secondary N) is 1. The van der Waals surface area contributed by atoms with Crippen LogP contribution in [-0.4, -0.2) is 14.9 Å². The molecule has 21 heavy (non-hydrogen) atoms. The van der Waals surface area contributed by atoms with Crippen molar-refractivity contribution in [2.24, 2.45) is 0 Å². The minimum atomic E-state index is -1.76. The molecule has 110 valence electrons. The summed E-state index contributed by atoms with van der Waals surface area (Å²) in [5, 5.41) is 12.6. The number of hydrogen-bond donors (Lipinski definition) is 2. The highest BCUT2D eigenvalue weighted by molar-refractivity contribution is 5.72. The fraction of sp³-hybridized carbons (Fsp3) is 0. The summed E-state index contributed by atoms with van der Waals surface area (Å²) in [7, 11) is 0. The first-order chi connectivity index (χ1) is 9.82. The third-order valence-corrected chi connectivity index (χ3v) is 2.39. The number of hydrogen-bond acceptors (Lipinski definition) is 6. The molecule has 0 fully saturated rings. The highest BCUT2D eigenvalue weighted by Crippen LogP contribution is 2.32. The molecule has 0 saturated heterocycles. The van der Waals surface area contributed by atoms with Crippen molar-refractivity contribution in [2.45, 2.75) is 0 Å². The van der Waals surface area contributed by atoms with E-state index in [-0.39, 0.29) is 6.07 Å². The van der Waals surface area contributed by atoms with Crippen LogP contribution in [0.2, 0.25) is 0 Å². The molecule has 2 aromatic rings. The summed E-state index contributed by atoms with van der Waals surface area (Å²) in [5.74, 6) is -8.19. The molecule has 0 amide bonds. The Morgan fingerprint density at radius 3 is 2.24 bits per heavy atom. The van der Waals surface area contributed by atoms with E-state index in [4.69, 9.17) is 5.73 Å². The molecule has 0 radical (unpaired) electrons. The summed E-state index contributed by atoms with van der Waals surface area (Å²) in [6.45, 7) is 0. The molecule has 7 nitrogen and oxygen atoms in total.